The van der Waals surface area contributed by atoms with Gasteiger partial charge in [-0.1, -0.05) is 30.3 Å². The topological polar surface area (TPSA) is 84.0 Å². The summed E-state index contributed by atoms with van der Waals surface area (Å²) in [7, 11) is 0. The smallest absolute Gasteiger partial charge is 0.317 e. The van der Waals surface area contributed by atoms with Crippen molar-refractivity contribution in [2.75, 3.05) is 5.32 Å². The van der Waals surface area contributed by atoms with Crippen LogP contribution in [0.5, 0.6) is 0 Å². The molecule has 1 amide bonds. The van der Waals surface area contributed by atoms with Gasteiger partial charge in [-0.3, -0.25) is 19.0 Å². The number of rotatable bonds is 3. The fourth-order valence-electron chi connectivity index (χ4n) is 2.71. The van der Waals surface area contributed by atoms with E-state index in [9.17, 15) is 14.4 Å². The van der Waals surface area contributed by atoms with Crippen LogP contribution < -0.4 is 16.4 Å². The van der Waals surface area contributed by atoms with Gasteiger partial charge in [0.15, 0.2) is 0 Å². The first kappa shape index (κ1) is 15.7. The van der Waals surface area contributed by atoms with Gasteiger partial charge in [0, 0.05) is 5.69 Å². The molecule has 0 aliphatic rings. The van der Waals surface area contributed by atoms with Crippen molar-refractivity contribution in [1.82, 2.24) is 9.55 Å². The van der Waals surface area contributed by atoms with Crippen LogP contribution in [0, 0.1) is 13.8 Å². The van der Waals surface area contributed by atoms with E-state index in [4.69, 9.17) is 0 Å². The average Bonchev–Trinajstić information content (AvgIpc) is 2.55. The number of hydrogen-bond donors (Lipinski definition) is 2. The average molecular weight is 323 g/mol. The van der Waals surface area contributed by atoms with Gasteiger partial charge in [0.25, 0.3) is 0 Å². The molecule has 0 saturated carbocycles. The number of nitrogens with zero attached hydrogens (tertiary/aromatic N) is 1. The fraction of sp³-hybridized carbons (Fsp3) is 0.167. The quantitative estimate of drug-likeness (QED) is 0.723. The van der Waals surface area contributed by atoms with Crippen LogP contribution in [0.15, 0.2) is 52.1 Å². The fourth-order valence-corrected chi connectivity index (χ4v) is 2.71. The number of aromatic nitrogens is 2. The number of anilines is 1. The lowest BCUT2D eigenvalue weighted by atomic mass is 10.1. The van der Waals surface area contributed by atoms with Gasteiger partial charge in [-0.25, -0.2) is 0 Å². The van der Waals surface area contributed by atoms with E-state index in [1.165, 1.54) is 4.57 Å². The van der Waals surface area contributed by atoms with Crippen LogP contribution in [-0.4, -0.2) is 15.5 Å². The predicted octanol–water partition coefficient (Wildman–Crippen LogP) is 1.95. The first-order chi connectivity index (χ1) is 11.5. The van der Waals surface area contributed by atoms with Crippen molar-refractivity contribution in [1.29, 1.82) is 0 Å². The van der Waals surface area contributed by atoms with Gasteiger partial charge in [-0.15, -0.1) is 0 Å². The summed E-state index contributed by atoms with van der Waals surface area (Å²) >= 11 is 0. The summed E-state index contributed by atoms with van der Waals surface area (Å²) in [5.74, 6) is -0.356. The van der Waals surface area contributed by atoms with Crippen molar-refractivity contribution in [2.24, 2.45) is 0 Å². The minimum Gasteiger partial charge on any atom is -0.324 e. The van der Waals surface area contributed by atoms with Gasteiger partial charge >= 0.3 is 11.1 Å². The number of fused-ring (bicyclic) bond motifs is 1. The van der Waals surface area contributed by atoms with E-state index in [0.29, 0.717) is 11.0 Å². The van der Waals surface area contributed by atoms with Crippen molar-refractivity contribution in [2.45, 2.75) is 20.4 Å². The number of hydrogen-bond acceptors (Lipinski definition) is 3. The van der Waals surface area contributed by atoms with Crippen LogP contribution in [0.2, 0.25) is 0 Å². The number of aromatic amines is 1. The molecule has 0 spiro atoms. The Kier molecular flexibility index (Phi) is 4.04. The molecule has 0 aliphatic heterocycles. The second-order valence-corrected chi connectivity index (χ2v) is 5.68. The Hall–Kier alpha value is -3.15. The molecule has 0 fully saturated rings. The number of H-pyrrole nitrogens is 1. The van der Waals surface area contributed by atoms with Gasteiger partial charge < -0.3 is 10.3 Å². The zero-order valence-corrected chi connectivity index (χ0v) is 13.4. The maximum absolute atomic E-state index is 12.4. The largest absolute Gasteiger partial charge is 0.324 e. The molecule has 6 nitrogen and oxygen atoms in total. The lowest BCUT2D eigenvalue weighted by Gasteiger charge is -2.13. The molecule has 2 N–H and O–H groups in total. The van der Waals surface area contributed by atoms with Crippen LogP contribution >= 0.6 is 0 Å². The Morgan fingerprint density at radius 3 is 2.42 bits per heavy atom. The summed E-state index contributed by atoms with van der Waals surface area (Å²) in [5.41, 5.74) is 2.14. The van der Waals surface area contributed by atoms with E-state index in [1.54, 1.807) is 24.3 Å². The van der Waals surface area contributed by atoms with Gasteiger partial charge in [0.1, 0.15) is 6.54 Å². The maximum Gasteiger partial charge on any atom is 0.317 e. The summed E-state index contributed by atoms with van der Waals surface area (Å²) < 4.78 is 1.19. The van der Waals surface area contributed by atoms with Gasteiger partial charge in [-0.2, -0.15) is 0 Å². The van der Waals surface area contributed by atoms with Crippen LogP contribution in [0.25, 0.3) is 11.0 Å². The molecular formula is C18H17N3O3. The van der Waals surface area contributed by atoms with E-state index < -0.39 is 11.1 Å². The van der Waals surface area contributed by atoms with E-state index in [2.05, 4.69) is 10.3 Å². The first-order valence-corrected chi connectivity index (χ1v) is 7.55. The third kappa shape index (κ3) is 2.86. The molecule has 2 aromatic carbocycles. The molecule has 0 unspecified atom stereocenters. The van der Waals surface area contributed by atoms with Crippen molar-refractivity contribution < 1.29 is 4.79 Å². The molecule has 6 heteroatoms. The first-order valence-electron chi connectivity index (χ1n) is 7.55. The van der Waals surface area contributed by atoms with Crippen molar-refractivity contribution in [3.63, 3.8) is 0 Å². The summed E-state index contributed by atoms with van der Waals surface area (Å²) in [5, 5.41) is 2.83. The molecule has 0 atom stereocenters. The zero-order valence-electron chi connectivity index (χ0n) is 13.4. The monoisotopic (exact) mass is 323 g/mol. The van der Waals surface area contributed by atoms with E-state index in [1.807, 2.05) is 32.0 Å². The summed E-state index contributed by atoms with van der Waals surface area (Å²) in [6, 6.07) is 12.6. The highest BCUT2D eigenvalue weighted by Crippen LogP contribution is 2.19. The van der Waals surface area contributed by atoms with Gasteiger partial charge in [0.05, 0.1) is 11.0 Å². The Balaban J connectivity index is 1.98. The SMILES string of the molecule is Cc1cccc(C)c1NC(=O)Cn1c(=O)c(=O)[nH]c2ccccc21. The lowest BCUT2D eigenvalue weighted by Crippen LogP contribution is -2.38. The number of para-hydroxylation sites is 3. The number of aryl methyl sites for hydroxylation is 2. The summed E-state index contributed by atoms with van der Waals surface area (Å²) in [6.07, 6.45) is 0. The van der Waals surface area contributed by atoms with Crippen molar-refractivity contribution in [3.05, 3.63) is 74.3 Å². The van der Waals surface area contributed by atoms with Crippen molar-refractivity contribution >= 4 is 22.6 Å². The van der Waals surface area contributed by atoms with E-state index in [-0.39, 0.29) is 12.5 Å². The zero-order chi connectivity index (χ0) is 17.3. The third-order valence-electron chi connectivity index (χ3n) is 3.93. The van der Waals surface area contributed by atoms with E-state index >= 15 is 0 Å². The van der Waals surface area contributed by atoms with Crippen LogP contribution in [0.3, 0.4) is 0 Å². The molecule has 0 saturated heterocycles. The standard InChI is InChI=1S/C18H17N3O3/c1-11-6-5-7-12(2)16(11)20-15(22)10-21-14-9-4-3-8-13(14)19-17(23)18(21)24/h3-9H,10H2,1-2H3,(H,19,23)(H,20,22). The van der Waals surface area contributed by atoms with Crippen LogP contribution in [-0.2, 0) is 11.3 Å². The van der Waals surface area contributed by atoms with Gasteiger partial charge in [-0.05, 0) is 37.1 Å². The van der Waals surface area contributed by atoms with Gasteiger partial charge in [0.2, 0.25) is 5.91 Å². The maximum atomic E-state index is 12.4. The lowest BCUT2D eigenvalue weighted by molar-refractivity contribution is -0.116. The Labute approximate surface area is 137 Å². The Bertz CT molecular complexity index is 1030. The molecule has 122 valence electrons. The number of amides is 1. The Morgan fingerprint density at radius 1 is 1.04 bits per heavy atom. The number of carbonyl (C=O) groups is 1. The molecule has 24 heavy (non-hydrogen) atoms. The molecule has 1 heterocycles. The highest BCUT2D eigenvalue weighted by atomic mass is 16.2. The second-order valence-electron chi connectivity index (χ2n) is 5.68. The molecule has 0 bridgehead atoms. The summed E-state index contributed by atoms with van der Waals surface area (Å²) in [6.45, 7) is 3.58. The number of carbonyl (C=O) groups excluding carboxylic acids is 1. The Morgan fingerprint density at radius 2 is 1.71 bits per heavy atom. The van der Waals surface area contributed by atoms with Crippen molar-refractivity contribution in [3.8, 4) is 0 Å². The summed E-state index contributed by atoms with van der Waals surface area (Å²) in [4.78, 5) is 38.9. The predicted molar refractivity (Wildman–Crippen MR) is 93.4 cm³/mol. The molecule has 1 aromatic heterocycles. The second kappa shape index (κ2) is 6.16. The molecule has 0 aliphatic carbocycles. The molecule has 3 aromatic rings. The molecule has 0 radical (unpaired) electrons. The highest BCUT2D eigenvalue weighted by Gasteiger charge is 2.12. The minimum atomic E-state index is -0.745. The minimum absolute atomic E-state index is 0.225. The third-order valence-corrected chi connectivity index (χ3v) is 3.93. The van der Waals surface area contributed by atoms with E-state index in [0.717, 1.165) is 16.8 Å². The molecule has 3 rings (SSSR count). The van der Waals surface area contributed by atoms with Crippen LogP contribution in [0.1, 0.15) is 11.1 Å². The molecular weight excluding hydrogens is 306 g/mol. The normalized spacial score (nSPS) is 10.8. The highest BCUT2D eigenvalue weighted by molar-refractivity contribution is 5.93. The van der Waals surface area contributed by atoms with Crippen LogP contribution in [0.4, 0.5) is 5.69 Å². The number of nitrogens with one attached hydrogen (secondary N) is 2. The number of benzene rings is 2.